The van der Waals surface area contributed by atoms with Gasteiger partial charge in [-0.15, -0.1) is 0 Å². The minimum Gasteiger partial charge on any atom is -0.487 e. The van der Waals surface area contributed by atoms with E-state index in [1.807, 2.05) is 39.0 Å². The maximum absolute atomic E-state index is 9.06. The molecule has 1 aromatic carbocycles. The summed E-state index contributed by atoms with van der Waals surface area (Å²) < 4.78 is 12.3. The molecule has 1 saturated heterocycles. The van der Waals surface area contributed by atoms with Crippen molar-refractivity contribution in [3.05, 3.63) is 29.3 Å². The number of benzene rings is 1. The highest BCUT2D eigenvalue weighted by atomic mass is 16.6. The normalized spacial score (nSPS) is 24.1. The highest BCUT2D eigenvalue weighted by Crippen LogP contribution is 2.40. The minimum absolute atomic E-state index is 0.0413. The summed E-state index contributed by atoms with van der Waals surface area (Å²) in [5.41, 5.74) is 1.92. The Bertz CT molecular complexity index is 561. The molecule has 116 valence electrons. The van der Waals surface area contributed by atoms with E-state index in [9.17, 15) is 0 Å². The van der Waals surface area contributed by atoms with E-state index in [2.05, 4.69) is 19.0 Å². The molecule has 1 aromatic rings. The van der Waals surface area contributed by atoms with Crippen molar-refractivity contribution in [1.82, 2.24) is 0 Å². The van der Waals surface area contributed by atoms with Crippen LogP contribution in [0.25, 0.3) is 0 Å². The zero-order valence-electron chi connectivity index (χ0n) is 13.7. The third-order valence-electron chi connectivity index (χ3n) is 3.94. The number of rotatable bonds is 3. The molecule has 0 bridgehead atoms. The molecule has 4 nitrogen and oxygen atoms in total. The van der Waals surface area contributed by atoms with Gasteiger partial charge < -0.3 is 14.7 Å². The average Bonchev–Trinajstić information content (AvgIpc) is 2.58. The molecule has 1 atom stereocenters. The second kappa shape index (κ2) is 5.34. The van der Waals surface area contributed by atoms with E-state index < -0.39 is 0 Å². The summed E-state index contributed by atoms with van der Waals surface area (Å²) >= 11 is 0. The van der Waals surface area contributed by atoms with Gasteiger partial charge in [-0.25, -0.2) is 0 Å². The number of oxime groups is 1. The molecule has 1 fully saturated rings. The lowest BCUT2D eigenvalue weighted by Crippen LogP contribution is -2.37. The zero-order valence-corrected chi connectivity index (χ0v) is 13.7. The van der Waals surface area contributed by atoms with Crippen molar-refractivity contribution < 1.29 is 14.7 Å². The SMILES string of the molecule is C/C(=N/O)c1cc(C)ccc1OC1CC(C)(C)OC1(C)C. The Kier molecular flexibility index (Phi) is 4.02. The molecule has 0 aliphatic carbocycles. The Labute approximate surface area is 126 Å². The summed E-state index contributed by atoms with van der Waals surface area (Å²) in [6.07, 6.45) is 0.781. The van der Waals surface area contributed by atoms with Crippen LogP contribution >= 0.6 is 0 Å². The van der Waals surface area contributed by atoms with Crippen LogP contribution in [0.1, 0.15) is 52.2 Å². The van der Waals surface area contributed by atoms with Crippen LogP contribution in [0.2, 0.25) is 0 Å². The van der Waals surface area contributed by atoms with Gasteiger partial charge in [0, 0.05) is 12.0 Å². The second-order valence-electron chi connectivity index (χ2n) is 6.96. The van der Waals surface area contributed by atoms with Gasteiger partial charge in [-0.3, -0.25) is 0 Å². The lowest BCUT2D eigenvalue weighted by atomic mass is 9.97. The molecule has 21 heavy (non-hydrogen) atoms. The Morgan fingerprint density at radius 2 is 2.00 bits per heavy atom. The van der Waals surface area contributed by atoms with Crippen LogP contribution in [0.5, 0.6) is 5.75 Å². The molecule has 1 N–H and O–H groups in total. The summed E-state index contributed by atoms with van der Waals surface area (Å²) in [6, 6.07) is 5.90. The van der Waals surface area contributed by atoms with Gasteiger partial charge in [0.25, 0.3) is 0 Å². The van der Waals surface area contributed by atoms with Gasteiger partial charge in [0.15, 0.2) is 0 Å². The Morgan fingerprint density at radius 3 is 2.52 bits per heavy atom. The fourth-order valence-corrected chi connectivity index (χ4v) is 2.93. The predicted molar refractivity (Wildman–Crippen MR) is 83.5 cm³/mol. The largest absolute Gasteiger partial charge is 0.487 e. The van der Waals surface area contributed by atoms with Gasteiger partial charge in [0.05, 0.1) is 11.3 Å². The van der Waals surface area contributed by atoms with Crippen molar-refractivity contribution in [2.45, 2.75) is 65.3 Å². The highest BCUT2D eigenvalue weighted by Gasteiger charge is 2.47. The molecule has 1 unspecified atom stereocenters. The number of ether oxygens (including phenoxy) is 2. The third-order valence-corrected chi connectivity index (χ3v) is 3.94. The van der Waals surface area contributed by atoms with Gasteiger partial charge in [0.1, 0.15) is 17.5 Å². The first-order chi connectivity index (χ1) is 9.64. The standard InChI is InChI=1S/C17H25NO3/c1-11-7-8-14(13(9-11)12(2)18-19)20-15-10-16(3,4)21-17(15,5)6/h7-9,15,19H,10H2,1-6H3/b18-12-. The van der Waals surface area contributed by atoms with Crippen LogP contribution in [-0.4, -0.2) is 28.2 Å². The van der Waals surface area contributed by atoms with Crippen molar-refractivity contribution >= 4 is 5.71 Å². The topological polar surface area (TPSA) is 51.1 Å². The van der Waals surface area contributed by atoms with Crippen LogP contribution in [0.4, 0.5) is 0 Å². The Hall–Kier alpha value is -1.55. The summed E-state index contributed by atoms with van der Waals surface area (Å²) in [6.45, 7) is 12.0. The van der Waals surface area contributed by atoms with Crippen molar-refractivity contribution in [2.75, 3.05) is 0 Å². The molecule has 1 aliphatic rings. The van der Waals surface area contributed by atoms with Crippen LogP contribution in [0.15, 0.2) is 23.4 Å². The van der Waals surface area contributed by atoms with E-state index in [1.54, 1.807) is 6.92 Å². The van der Waals surface area contributed by atoms with E-state index in [4.69, 9.17) is 14.7 Å². The van der Waals surface area contributed by atoms with Crippen LogP contribution < -0.4 is 4.74 Å². The van der Waals surface area contributed by atoms with Crippen LogP contribution in [0, 0.1) is 6.92 Å². The number of hydrogen-bond donors (Lipinski definition) is 1. The summed E-state index contributed by atoms with van der Waals surface area (Å²) in [4.78, 5) is 0. The number of aryl methyl sites for hydroxylation is 1. The maximum Gasteiger partial charge on any atom is 0.130 e. The van der Waals surface area contributed by atoms with Gasteiger partial charge in [0.2, 0.25) is 0 Å². The summed E-state index contributed by atoms with van der Waals surface area (Å²) in [7, 11) is 0. The fraction of sp³-hybridized carbons (Fsp3) is 0.588. The average molecular weight is 291 g/mol. The maximum atomic E-state index is 9.06. The quantitative estimate of drug-likeness (QED) is 0.522. The number of nitrogens with zero attached hydrogens (tertiary/aromatic N) is 1. The molecular formula is C17H25NO3. The zero-order chi connectivity index (χ0) is 15.8. The third kappa shape index (κ3) is 3.38. The molecular weight excluding hydrogens is 266 g/mol. The first kappa shape index (κ1) is 15.8. The van der Waals surface area contributed by atoms with Gasteiger partial charge in [-0.1, -0.05) is 16.8 Å². The van der Waals surface area contributed by atoms with Gasteiger partial charge in [-0.2, -0.15) is 0 Å². The smallest absolute Gasteiger partial charge is 0.130 e. The minimum atomic E-state index is -0.351. The molecule has 2 rings (SSSR count). The van der Waals surface area contributed by atoms with E-state index in [0.29, 0.717) is 5.71 Å². The van der Waals surface area contributed by atoms with Crippen LogP contribution in [-0.2, 0) is 4.74 Å². The lowest BCUT2D eigenvalue weighted by molar-refractivity contribution is -0.0846. The van der Waals surface area contributed by atoms with E-state index in [0.717, 1.165) is 23.3 Å². The molecule has 0 radical (unpaired) electrons. The van der Waals surface area contributed by atoms with Gasteiger partial charge >= 0.3 is 0 Å². The van der Waals surface area contributed by atoms with E-state index in [1.165, 1.54) is 0 Å². The van der Waals surface area contributed by atoms with Gasteiger partial charge in [-0.05, 0) is 53.7 Å². The molecule has 4 heteroatoms. The number of hydrogen-bond acceptors (Lipinski definition) is 4. The molecule has 0 aromatic heterocycles. The molecule has 0 saturated carbocycles. The first-order valence-electron chi connectivity index (χ1n) is 7.31. The van der Waals surface area contributed by atoms with Crippen molar-refractivity contribution in [3.63, 3.8) is 0 Å². The van der Waals surface area contributed by atoms with Crippen molar-refractivity contribution in [3.8, 4) is 5.75 Å². The first-order valence-corrected chi connectivity index (χ1v) is 7.31. The highest BCUT2D eigenvalue weighted by molar-refractivity contribution is 6.00. The molecule has 1 aliphatic heterocycles. The molecule has 0 amide bonds. The summed E-state index contributed by atoms with van der Waals surface area (Å²) in [5, 5.41) is 12.4. The fourth-order valence-electron chi connectivity index (χ4n) is 2.93. The van der Waals surface area contributed by atoms with Crippen molar-refractivity contribution in [1.29, 1.82) is 0 Å². The summed E-state index contributed by atoms with van der Waals surface area (Å²) in [5.74, 6) is 0.732. The molecule has 0 spiro atoms. The van der Waals surface area contributed by atoms with Crippen molar-refractivity contribution in [2.24, 2.45) is 5.16 Å². The van der Waals surface area contributed by atoms with Crippen LogP contribution in [0.3, 0.4) is 0 Å². The monoisotopic (exact) mass is 291 g/mol. The predicted octanol–water partition coefficient (Wildman–Crippen LogP) is 3.92. The van der Waals surface area contributed by atoms with E-state index >= 15 is 0 Å². The Balaban J connectivity index is 2.32. The second-order valence-corrected chi connectivity index (χ2v) is 6.96. The lowest BCUT2D eigenvalue weighted by Gasteiger charge is -2.28. The van der Waals surface area contributed by atoms with E-state index in [-0.39, 0.29) is 17.3 Å². The molecule has 1 heterocycles. The Morgan fingerprint density at radius 1 is 1.33 bits per heavy atom.